The van der Waals surface area contributed by atoms with E-state index in [1.807, 2.05) is 0 Å². The van der Waals surface area contributed by atoms with E-state index < -0.39 is 0 Å². The molecule has 1 aromatic heterocycles. The van der Waals surface area contributed by atoms with Crippen LogP contribution in [0.3, 0.4) is 0 Å². The minimum atomic E-state index is 1.01. The predicted octanol–water partition coefficient (Wildman–Crippen LogP) is 7.83. The zero-order valence-corrected chi connectivity index (χ0v) is 18.7. The first-order chi connectivity index (χ1) is 16.9. The van der Waals surface area contributed by atoms with Crippen molar-refractivity contribution in [2.45, 2.75) is 19.3 Å². The lowest BCUT2D eigenvalue weighted by molar-refractivity contribution is 1.02. The first-order valence-corrected chi connectivity index (χ1v) is 12.3. The Hall–Kier alpha value is -4.10. The van der Waals surface area contributed by atoms with Gasteiger partial charge in [0.1, 0.15) is 0 Å². The van der Waals surface area contributed by atoms with Gasteiger partial charge in [0.25, 0.3) is 0 Å². The van der Waals surface area contributed by atoms with Gasteiger partial charge in [-0.25, -0.2) is 0 Å². The largest absolute Gasteiger partial charge is 0.308 e. The monoisotopic (exact) mass is 431 g/mol. The first kappa shape index (κ1) is 17.4. The van der Waals surface area contributed by atoms with Crippen LogP contribution in [0.15, 0.2) is 91.0 Å². The van der Waals surface area contributed by atoms with Gasteiger partial charge in [-0.1, -0.05) is 84.9 Å². The Morgan fingerprint density at radius 3 is 2.24 bits per heavy atom. The topological polar surface area (TPSA) is 4.93 Å². The van der Waals surface area contributed by atoms with Crippen LogP contribution in [0.5, 0.6) is 0 Å². The molecule has 1 heteroatoms. The van der Waals surface area contributed by atoms with E-state index in [1.54, 1.807) is 0 Å². The lowest BCUT2D eigenvalue weighted by Gasteiger charge is -2.24. The van der Waals surface area contributed by atoms with Gasteiger partial charge in [0.05, 0.1) is 16.7 Å². The number of hydrogen-bond donors (Lipinski definition) is 0. The molecule has 0 spiro atoms. The van der Waals surface area contributed by atoms with E-state index in [-0.39, 0.29) is 0 Å². The van der Waals surface area contributed by atoms with Gasteiger partial charge >= 0.3 is 0 Å². The molecular formula is C33H21N. The van der Waals surface area contributed by atoms with Gasteiger partial charge in [0.2, 0.25) is 0 Å². The summed E-state index contributed by atoms with van der Waals surface area (Å²) >= 11 is 0. The van der Waals surface area contributed by atoms with Gasteiger partial charge in [0, 0.05) is 23.6 Å². The van der Waals surface area contributed by atoms with Gasteiger partial charge in [-0.3, -0.25) is 0 Å². The summed E-state index contributed by atoms with van der Waals surface area (Å²) in [6.07, 6.45) is 3.08. The van der Waals surface area contributed by atoms with Crippen LogP contribution in [0.2, 0.25) is 0 Å². The van der Waals surface area contributed by atoms with Crippen LogP contribution in [0, 0.1) is 0 Å². The first-order valence-electron chi connectivity index (χ1n) is 12.3. The highest BCUT2D eigenvalue weighted by Gasteiger charge is 2.32. The van der Waals surface area contributed by atoms with Crippen LogP contribution >= 0.6 is 0 Å². The number of fused-ring (bicyclic) bond motifs is 13. The minimum absolute atomic E-state index is 1.01. The maximum Gasteiger partial charge on any atom is 0.0576 e. The molecule has 0 bridgehead atoms. The second-order valence-corrected chi connectivity index (χ2v) is 10.1. The summed E-state index contributed by atoms with van der Waals surface area (Å²) in [4.78, 5) is 0. The molecule has 0 N–H and O–H groups in total. The van der Waals surface area contributed by atoms with Gasteiger partial charge in [-0.2, -0.15) is 0 Å². The van der Waals surface area contributed by atoms with Crippen LogP contribution in [0.1, 0.15) is 33.4 Å². The quantitative estimate of drug-likeness (QED) is 0.231. The van der Waals surface area contributed by atoms with Crippen LogP contribution in [0.4, 0.5) is 0 Å². The zero-order chi connectivity index (χ0) is 22.0. The zero-order valence-electron chi connectivity index (χ0n) is 18.7. The molecule has 0 radical (unpaired) electrons. The second kappa shape index (κ2) is 5.87. The number of aromatic nitrogens is 1. The van der Waals surface area contributed by atoms with Crippen LogP contribution in [-0.2, 0) is 19.3 Å². The lowest BCUT2D eigenvalue weighted by Crippen LogP contribution is -2.10. The molecule has 0 unspecified atom stereocenters. The molecule has 6 aromatic rings. The highest BCUT2D eigenvalue weighted by molar-refractivity contribution is 6.11. The molecule has 9 rings (SSSR count). The number of hydrogen-bond acceptors (Lipinski definition) is 0. The molecule has 0 saturated heterocycles. The van der Waals surface area contributed by atoms with Crippen LogP contribution in [-0.4, -0.2) is 4.57 Å². The number of nitrogens with zero attached hydrogens (tertiary/aromatic N) is 1. The van der Waals surface area contributed by atoms with E-state index in [0.717, 1.165) is 19.3 Å². The molecule has 0 amide bonds. The molecule has 3 aliphatic rings. The normalized spacial score (nSPS) is 14.1. The summed E-state index contributed by atoms with van der Waals surface area (Å²) in [5, 5.41) is 2.74. The van der Waals surface area contributed by atoms with Gasteiger partial charge in [-0.15, -0.1) is 0 Å². The summed E-state index contributed by atoms with van der Waals surface area (Å²) < 4.78 is 2.58. The van der Waals surface area contributed by atoms with Crippen LogP contribution < -0.4 is 0 Å². The maximum absolute atomic E-state index is 2.58. The molecule has 1 aliphatic heterocycles. The Bertz CT molecular complexity index is 1880. The van der Waals surface area contributed by atoms with Crippen molar-refractivity contribution in [1.29, 1.82) is 0 Å². The fourth-order valence-electron chi connectivity index (χ4n) is 7.12. The third kappa shape index (κ3) is 1.94. The van der Waals surface area contributed by atoms with E-state index in [9.17, 15) is 0 Å². The standard InChI is InChI=1S/C33H21N/c1-2-8-23-19(6-1)17-28-24(23)14-12-20-18-29-26(31(20)28)15-13-22-16-21-7-5-10-27-25-9-3-4-11-30(25)34(32(21)27)33(22)29/h1-15H,16-18H2. The van der Waals surface area contributed by atoms with Crippen LogP contribution in [0.25, 0.3) is 49.7 Å². The van der Waals surface area contributed by atoms with E-state index in [0.29, 0.717) is 0 Å². The van der Waals surface area contributed by atoms with Crippen molar-refractivity contribution in [3.05, 3.63) is 124 Å². The summed E-state index contributed by atoms with van der Waals surface area (Å²) in [6, 6.07) is 34.3. The molecule has 2 aliphatic carbocycles. The SMILES string of the molecule is c1ccc2c(c1)Cc1c-2ccc2c1-c1ccc3c(c1C2)-n1c2ccccc2c2cccc(c21)C3. The van der Waals surface area contributed by atoms with Gasteiger partial charge < -0.3 is 4.57 Å². The highest BCUT2D eigenvalue weighted by atomic mass is 15.0. The van der Waals surface area contributed by atoms with E-state index in [4.69, 9.17) is 0 Å². The summed E-state index contributed by atoms with van der Waals surface area (Å²) in [5.74, 6) is 0. The minimum Gasteiger partial charge on any atom is -0.308 e. The molecule has 2 heterocycles. The van der Waals surface area contributed by atoms with E-state index in [1.165, 1.54) is 83.1 Å². The lowest BCUT2D eigenvalue weighted by atomic mass is 9.91. The van der Waals surface area contributed by atoms with Crippen molar-refractivity contribution in [3.63, 3.8) is 0 Å². The fraction of sp³-hybridized carbons (Fsp3) is 0.0909. The summed E-state index contributed by atoms with van der Waals surface area (Å²) in [5.41, 5.74) is 18.8. The number of rotatable bonds is 0. The smallest absolute Gasteiger partial charge is 0.0576 e. The van der Waals surface area contributed by atoms with Crippen molar-refractivity contribution >= 4 is 21.8 Å². The molecular weight excluding hydrogens is 410 g/mol. The third-order valence-electron chi connectivity index (χ3n) is 8.46. The fourth-order valence-corrected chi connectivity index (χ4v) is 7.12. The molecule has 1 nitrogen and oxygen atoms in total. The Balaban J connectivity index is 1.37. The van der Waals surface area contributed by atoms with Crippen molar-refractivity contribution in [3.8, 4) is 27.9 Å². The van der Waals surface area contributed by atoms with Crippen molar-refractivity contribution in [2.75, 3.05) is 0 Å². The average molecular weight is 432 g/mol. The Kier molecular flexibility index (Phi) is 3.00. The van der Waals surface area contributed by atoms with Crippen molar-refractivity contribution in [1.82, 2.24) is 4.57 Å². The molecule has 0 fully saturated rings. The van der Waals surface area contributed by atoms with Crippen molar-refractivity contribution in [2.24, 2.45) is 0 Å². The summed E-state index contributed by atoms with van der Waals surface area (Å²) in [7, 11) is 0. The third-order valence-corrected chi connectivity index (χ3v) is 8.46. The number of para-hydroxylation sites is 2. The van der Waals surface area contributed by atoms with Gasteiger partial charge in [-0.05, 0) is 68.1 Å². The molecule has 5 aromatic carbocycles. The number of benzene rings is 5. The Morgan fingerprint density at radius 1 is 0.471 bits per heavy atom. The molecule has 0 saturated carbocycles. The molecule has 0 atom stereocenters. The molecule has 34 heavy (non-hydrogen) atoms. The van der Waals surface area contributed by atoms with Crippen molar-refractivity contribution < 1.29 is 0 Å². The van der Waals surface area contributed by atoms with E-state index in [2.05, 4.69) is 95.6 Å². The second-order valence-electron chi connectivity index (χ2n) is 10.1. The Morgan fingerprint density at radius 2 is 1.24 bits per heavy atom. The van der Waals surface area contributed by atoms with E-state index >= 15 is 0 Å². The van der Waals surface area contributed by atoms with Gasteiger partial charge in [0.15, 0.2) is 0 Å². The maximum atomic E-state index is 2.58. The Labute approximate surface area is 197 Å². The summed E-state index contributed by atoms with van der Waals surface area (Å²) in [6.45, 7) is 0. The molecule has 158 valence electrons. The predicted molar refractivity (Wildman–Crippen MR) is 140 cm³/mol. The highest BCUT2D eigenvalue weighted by Crippen LogP contribution is 2.51. The average Bonchev–Trinajstić information content (AvgIpc) is 3.55.